The molecule has 1 fully saturated rings. The maximum atomic E-state index is 13.3. The summed E-state index contributed by atoms with van der Waals surface area (Å²) in [6.45, 7) is 1.19. The average Bonchev–Trinajstić information content (AvgIpc) is 3.00. The van der Waals surface area contributed by atoms with Crippen LogP contribution in [-0.2, 0) is 11.0 Å². The molecule has 3 rings (SSSR count). The molecule has 5 nitrogen and oxygen atoms in total. The molecule has 0 unspecified atom stereocenters. The summed E-state index contributed by atoms with van der Waals surface area (Å²) in [4.78, 5) is 18.6. The molecule has 0 aliphatic heterocycles. The summed E-state index contributed by atoms with van der Waals surface area (Å²) in [5, 5.41) is 2.01. The first kappa shape index (κ1) is 17.2. The Hall–Kier alpha value is -2.59. The van der Waals surface area contributed by atoms with E-state index in [0.717, 1.165) is 6.07 Å². The fraction of sp³-hybridized carbons (Fsp3) is 0.357. The highest BCUT2D eigenvalue weighted by molar-refractivity contribution is 5.95. The predicted octanol–water partition coefficient (Wildman–Crippen LogP) is 3.80. The lowest BCUT2D eigenvalue weighted by Gasteiger charge is -2.12. The van der Waals surface area contributed by atoms with E-state index >= 15 is 0 Å². The number of nitrogens with zero attached hydrogens (tertiary/aromatic N) is 2. The SMILES string of the molecule is Cc1nc(-c2cc(NC(=O)[C@@H]3CC3(F)F)ncc2C(F)(F)F)oc1F. The lowest BCUT2D eigenvalue weighted by atomic mass is 10.1. The van der Waals surface area contributed by atoms with Gasteiger partial charge in [-0.1, -0.05) is 0 Å². The van der Waals surface area contributed by atoms with Crippen molar-refractivity contribution in [3.8, 4) is 11.5 Å². The minimum atomic E-state index is -4.85. The van der Waals surface area contributed by atoms with Crippen LogP contribution in [0.25, 0.3) is 11.5 Å². The van der Waals surface area contributed by atoms with Gasteiger partial charge in [0.25, 0.3) is 5.92 Å². The van der Waals surface area contributed by atoms with Gasteiger partial charge in [0, 0.05) is 12.6 Å². The van der Waals surface area contributed by atoms with E-state index in [0.29, 0.717) is 6.20 Å². The van der Waals surface area contributed by atoms with Crippen molar-refractivity contribution in [3.05, 3.63) is 29.5 Å². The molecular formula is C14H9F6N3O2. The molecule has 2 aromatic rings. The van der Waals surface area contributed by atoms with Crippen molar-refractivity contribution >= 4 is 11.7 Å². The quantitative estimate of drug-likeness (QED) is 0.841. The molecule has 0 radical (unpaired) electrons. The molecule has 1 aliphatic rings. The van der Waals surface area contributed by atoms with E-state index in [2.05, 4.69) is 14.4 Å². The Balaban J connectivity index is 1.97. The number of rotatable bonds is 3. The summed E-state index contributed by atoms with van der Waals surface area (Å²) in [6.07, 6.45) is -5.11. The summed E-state index contributed by atoms with van der Waals surface area (Å²) >= 11 is 0. The van der Waals surface area contributed by atoms with E-state index in [1.165, 1.54) is 6.92 Å². The zero-order valence-corrected chi connectivity index (χ0v) is 12.4. The van der Waals surface area contributed by atoms with E-state index in [1.54, 1.807) is 0 Å². The van der Waals surface area contributed by atoms with Crippen LogP contribution < -0.4 is 5.32 Å². The van der Waals surface area contributed by atoms with Crippen molar-refractivity contribution in [2.45, 2.75) is 25.4 Å². The number of pyridine rings is 1. The van der Waals surface area contributed by atoms with Crippen LogP contribution in [0.3, 0.4) is 0 Å². The number of alkyl halides is 5. The molecule has 1 N–H and O–H groups in total. The minimum Gasteiger partial charge on any atom is -0.411 e. The number of oxazole rings is 1. The van der Waals surface area contributed by atoms with Gasteiger partial charge in [-0.2, -0.15) is 17.6 Å². The molecule has 1 atom stereocenters. The van der Waals surface area contributed by atoms with E-state index in [4.69, 9.17) is 0 Å². The maximum Gasteiger partial charge on any atom is 0.418 e. The second kappa shape index (κ2) is 5.46. The van der Waals surface area contributed by atoms with Gasteiger partial charge in [0.15, 0.2) is 0 Å². The van der Waals surface area contributed by atoms with Crippen molar-refractivity contribution in [1.29, 1.82) is 0 Å². The molecule has 0 saturated heterocycles. The number of anilines is 1. The van der Waals surface area contributed by atoms with Crippen molar-refractivity contribution in [1.82, 2.24) is 9.97 Å². The molecule has 134 valence electrons. The van der Waals surface area contributed by atoms with Gasteiger partial charge in [-0.05, 0) is 13.0 Å². The Morgan fingerprint density at radius 3 is 2.52 bits per heavy atom. The van der Waals surface area contributed by atoms with E-state index < -0.39 is 59.2 Å². The number of carbonyl (C=O) groups excluding carboxylic acids is 1. The van der Waals surface area contributed by atoms with Gasteiger partial charge in [-0.3, -0.25) is 4.79 Å². The molecular weight excluding hydrogens is 356 g/mol. The van der Waals surface area contributed by atoms with E-state index in [-0.39, 0.29) is 5.69 Å². The van der Waals surface area contributed by atoms with Crippen LogP contribution in [0.1, 0.15) is 17.7 Å². The van der Waals surface area contributed by atoms with Crippen molar-refractivity contribution in [3.63, 3.8) is 0 Å². The number of carbonyl (C=O) groups is 1. The molecule has 11 heteroatoms. The maximum absolute atomic E-state index is 13.3. The lowest BCUT2D eigenvalue weighted by Crippen LogP contribution is -2.19. The summed E-state index contributed by atoms with van der Waals surface area (Å²) in [6, 6.07) is -0.422. The van der Waals surface area contributed by atoms with Crippen molar-refractivity contribution in [2.24, 2.45) is 5.92 Å². The first-order valence-corrected chi connectivity index (χ1v) is 6.88. The number of nitrogens with one attached hydrogen (secondary N) is 1. The largest absolute Gasteiger partial charge is 0.418 e. The highest BCUT2D eigenvalue weighted by Crippen LogP contribution is 2.49. The van der Waals surface area contributed by atoms with E-state index in [1.807, 2.05) is 5.32 Å². The van der Waals surface area contributed by atoms with Crippen LogP contribution in [0.15, 0.2) is 16.7 Å². The number of hydrogen-bond acceptors (Lipinski definition) is 4. The van der Waals surface area contributed by atoms with Crippen LogP contribution >= 0.6 is 0 Å². The number of amides is 1. The smallest absolute Gasteiger partial charge is 0.411 e. The summed E-state index contributed by atoms with van der Waals surface area (Å²) in [7, 11) is 0. The summed E-state index contributed by atoms with van der Waals surface area (Å²) in [5.74, 6) is -6.84. The highest BCUT2D eigenvalue weighted by atomic mass is 19.4. The number of hydrogen-bond donors (Lipinski definition) is 1. The third kappa shape index (κ3) is 3.30. The molecule has 2 aromatic heterocycles. The molecule has 0 aromatic carbocycles. The zero-order chi connectivity index (χ0) is 18.6. The van der Waals surface area contributed by atoms with Crippen LogP contribution in [0, 0.1) is 18.9 Å². The monoisotopic (exact) mass is 365 g/mol. The van der Waals surface area contributed by atoms with Gasteiger partial charge in [0.05, 0.1) is 11.1 Å². The molecule has 2 heterocycles. The topological polar surface area (TPSA) is 68.0 Å². The Morgan fingerprint density at radius 1 is 1.40 bits per heavy atom. The molecule has 25 heavy (non-hydrogen) atoms. The molecule has 0 bridgehead atoms. The van der Waals surface area contributed by atoms with Gasteiger partial charge >= 0.3 is 12.2 Å². The van der Waals surface area contributed by atoms with Gasteiger partial charge in [-0.25, -0.2) is 18.7 Å². The van der Waals surface area contributed by atoms with Crippen LogP contribution in [0.4, 0.5) is 32.2 Å². The van der Waals surface area contributed by atoms with Crippen molar-refractivity contribution in [2.75, 3.05) is 5.32 Å². The fourth-order valence-electron chi connectivity index (χ4n) is 2.13. The van der Waals surface area contributed by atoms with Crippen LogP contribution in [-0.4, -0.2) is 21.8 Å². The lowest BCUT2D eigenvalue weighted by molar-refractivity contribution is -0.137. The molecule has 1 saturated carbocycles. The van der Waals surface area contributed by atoms with E-state index in [9.17, 15) is 31.1 Å². The third-order valence-corrected chi connectivity index (χ3v) is 3.57. The Morgan fingerprint density at radius 2 is 2.04 bits per heavy atom. The second-order valence-corrected chi connectivity index (χ2v) is 5.50. The van der Waals surface area contributed by atoms with Gasteiger partial charge in [-0.15, -0.1) is 0 Å². The standard InChI is InChI=1S/C14H9F6N3O2/c1-5-10(15)25-12(22-5)6-2-9(21-4-8(6)14(18,19)20)23-11(24)7-3-13(7,16)17/h2,4,7H,3H2,1H3,(H,21,23,24)/t7-/m0/s1. The Labute approximate surface area is 136 Å². The second-order valence-electron chi connectivity index (χ2n) is 5.50. The number of aryl methyl sites for hydroxylation is 1. The third-order valence-electron chi connectivity index (χ3n) is 3.57. The van der Waals surface area contributed by atoms with Gasteiger partial charge < -0.3 is 9.73 Å². The average molecular weight is 365 g/mol. The number of aromatic nitrogens is 2. The first-order chi connectivity index (χ1) is 11.5. The first-order valence-electron chi connectivity index (χ1n) is 6.88. The molecule has 1 aliphatic carbocycles. The highest BCUT2D eigenvalue weighted by Gasteiger charge is 2.61. The predicted molar refractivity (Wildman–Crippen MR) is 71.1 cm³/mol. The summed E-state index contributed by atoms with van der Waals surface area (Å²) in [5.41, 5.74) is -2.21. The minimum absolute atomic E-state index is 0.261. The number of halogens is 6. The van der Waals surface area contributed by atoms with Crippen LogP contribution in [0.5, 0.6) is 0 Å². The van der Waals surface area contributed by atoms with Gasteiger partial charge in [0.1, 0.15) is 17.4 Å². The van der Waals surface area contributed by atoms with Crippen LogP contribution in [0.2, 0.25) is 0 Å². The molecule has 1 amide bonds. The summed E-state index contributed by atoms with van der Waals surface area (Å²) < 4.78 is 82.8. The Kier molecular flexibility index (Phi) is 3.77. The fourth-order valence-corrected chi connectivity index (χ4v) is 2.13. The van der Waals surface area contributed by atoms with Gasteiger partial charge in [0.2, 0.25) is 11.8 Å². The van der Waals surface area contributed by atoms with Crippen molar-refractivity contribution < 1.29 is 35.6 Å². The molecule has 0 spiro atoms. The zero-order valence-electron chi connectivity index (χ0n) is 12.4. The Bertz CT molecular complexity index is 826. The normalized spacial score (nSPS) is 18.9.